The van der Waals surface area contributed by atoms with Crippen LogP contribution in [-0.4, -0.2) is 9.97 Å². The molecule has 7 rings (SSSR count). The number of rotatable bonds is 2. The highest BCUT2D eigenvalue weighted by Gasteiger charge is 2.24. The van der Waals surface area contributed by atoms with E-state index in [4.69, 9.17) is 9.97 Å². The summed E-state index contributed by atoms with van der Waals surface area (Å²) in [5.41, 5.74) is 6.33. The lowest BCUT2D eigenvalue weighted by molar-refractivity contribution is 0.591. The van der Waals surface area contributed by atoms with Crippen LogP contribution >= 0.6 is 11.3 Å². The third-order valence-electron chi connectivity index (χ3n) is 8.01. The first-order valence-corrected chi connectivity index (χ1v) is 13.9. The maximum atomic E-state index is 5.36. The first-order chi connectivity index (χ1) is 17.5. The molecule has 1 saturated carbocycles. The van der Waals surface area contributed by atoms with Gasteiger partial charge in [-0.1, -0.05) is 63.9 Å². The number of thiophene rings is 1. The zero-order valence-electron chi connectivity index (χ0n) is 21.1. The van der Waals surface area contributed by atoms with Crippen LogP contribution < -0.4 is 0 Å². The van der Waals surface area contributed by atoms with Gasteiger partial charge in [-0.05, 0) is 82.5 Å². The summed E-state index contributed by atoms with van der Waals surface area (Å²) in [4.78, 5) is 11.2. The van der Waals surface area contributed by atoms with Crippen molar-refractivity contribution in [3.05, 3.63) is 84.1 Å². The Labute approximate surface area is 216 Å². The number of fused-ring (bicyclic) bond motifs is 6. The van der Waals surface area contributed by atoms with Crippen molar-refractivity contribution < 1.29 is 0 Å². The van der Waals surface area contributed by atoms with Crippen molar-refractivity contribution in [2.24, 2.45) is 0 Å². The van der Waals surface area contributed by atoms with Crippen LogP contribution in [0, 0.1) is 0 Å². The first-order valence-electron chi connectivity index (χ1n) is 13.1. The Hall–Kier alpha value is -3.30. The van der Waals surface area contributed by atoms with E-state index >= 15 is 0 Å². The molecule has 1 aliphatic carbocycles. The van der Waals surface area contributed by atoms with E-state index in [-0.39, 0.29) is 5.41 Å². The monoisotopic (exact) mass is 486 g/mol. The first kappa shape index (κ1) is 21.9. The SMILES string of the molecule is CC(C)(C)c1cc(-c2cc(C3CCCC3)c3c(ccc4ccccc43)n2)c2sc3ncccc3c2c1. The number of nitrogens with zero attached hydrogens (tertiary/aromatic N) is 2. The minimum absolute atomic E-state index is 0.0424. The lowest BCUT2D eigenvalue weighted by atomic mass is 9.84. The molecule has 0 aliphatic heterocycles. The van der Waals surface area contributed by atoms with Gasteiger partial charge in [0, 0.05) is 32.6 Å². The Morgan fingerprint density at radius 1 is 0.833 bits per heavy atom. The molecule has 0 saturated heterocycles. The van der Waals surface area contributed by atoms with Crippen LogP contribution in [0.25, 0.3) is 53.2 Å². The summed E-state index contributed by atoms with van der Waals surface area (Å²) >= 11 is 1.80. The summed E-state index contributed by atoms with van der Waals surface area (Å²) in [6, 6.07) is 24.7. The van der Waals surface area contributed by atoms with Crippen molar-refractivity contribution in [1.82, 2.24) is 9.97 Å². The predicted molar refractivity (Wildman–Crippen MR) is 155 cm³/mol. The number of pyridine rings is 2. The van der Waals surface area contributed by atoms with Crippen LogP contribution in [0.2, 0.25) is 0 Å². The average molecular weight is 487 g/mol. The topological polar surface area (TPSA) is 25.8 Å². The standard InChI is InChI=1S/C33H30N2S/c1-33(2,3)22-17-26-24-13-8-16-34-32(24)36-31(26)27(18-22)29-19-25(20-9-4-5-10-20)30-23-12-7-6-11-21(23)14-15-28(30)35-29/h6-8,11-20H,4-5,9-10H2,1-3H3. The summed E-state index contributed by atoms with van der Waals surface area (Å²) in [7, 11) is 0. The van der Waals surface area contributed by atoms with E-state index in [1.165, 1.54) is 74.0 Å². The zero-order valence-corrected chi connectivity index (χ0v) is 22.0. The summed E-state index contributed by atoms with van der Waals surface area (Å²) < 4.78 is 1.29. The van der Waals surface area contributed by atoms with Gasteiger partial charge in [0.2, 0.25) is 0 Å². The zero-order chi connectivity index (χ0) is 24.4. The normalized spacial score (nSPS) is 15.1. The van der Waals surface area contributed by atoms with Crippen molar-refractivity contribution in [3.8, 4) is 11.3 Å². The predicted octanol–water partition coefficient (Wildman–Crippen LogP) is 9.77. The van der Waals surface area contributed by atoms with E-state index < -0.39 is 0 Å². The van der Waals surface area contributed by atoms with Crippen molar-refractivity contribution >= 4 is 53.3 Å². The molecular formula is C33H30N2S. The van der Waals surface area contributed by atoms with Gasteiger partial charge in [0.25, 0.3) is 0 Å². The Morgan fingerprint density at radius 3 is 2.47 bits per heavy atom. The fourth-order valence-electron chi connectivity index (χ4n) is 6.07. The largest absolute Gasteiger partial charge is 0.248 e. The van der Waals surface area contributed by atoms with Crippen molar-refractivity contribution in [3.63, 3.8) is 0 Å². The Kier molecular flexibility index (Phi) is 4.94. The molecule has 178 valence electrons. The van der Waals surface area contributed by atoms with E-state index in [9.17, 15) is 0 Å². The Balaban J connectivity index is 1.59. The van der Waals surface area contributed by atoms with Gasteiger partial charge >= 0.3 is 0 Å². The number of benzene rings is 3. The summed E-state index contributed by atoms with van der Waals surface area (Å²) in [6.07, 6.45) is 7.08. The molecule has 3 heteroatoms. The molecule has 3 heterocycles. The van der Waals surface area contributed by atoms with E-state index in [1.54, 1.807) is 11.3 Å². The minimum Gasteiger partial charge on any atom is -0.248 e. The summed E-state index contributed by atoms with van der Waals surface area (Å²) in [6.45, 7) is 6.90. The molecule has 3 aromatic heterocycles. The van der Waals surface area contributed by atoms with E-state index in [0.29, 0.717) is 5.92 Å². The minimum atomic E-state index is 0.0424. The second kappa shape index (κ2) is 8.11. The molecule has 3 aromatic carbocycles. The molecule has 0 amide bonds. The molecule has 36 heavy (non-hydrogen) atoms. The van der Waals surface area contributed by atoms with Crippen molar-refractivity contribution in [2.75, 3.05) is 0 Å². The number of hydrogen-bond acceptors (Lipinski definition) is 3. The second-order valence-corrected chi connectivity index (χ2v) is 12.4. The molecule has 1 aliphatic rings. The van der Waals surface area contributed by atoms with Crippen molar-refractivity contribution in [2.45, 2.75) is 57.8 Å². The highest BCUT2D eigenvalue weighted by molar-refractivity contribution is 7.26. The van der Waals surface area contributed by atoms with Crippen LogP contribution in [0.5, 0.6) is 0 Å². The number of hydrogen-bond donors (Lipinski definition) is 0. The Morgan fingerprint density at radius 2 is 1.64 bits per heavy atom. The van der Waals surface area contributed by atoms with Gasteiger partial charge in [0.15, 0.2) is 0 Å². The third-order valence-corrected chi connectivity index (χ3v) is 9.18. The second-order valence-electron chi connectivity index (χ2n) is 11.4. The average Bonchev–Trinajstić information content (AvgIpc) is 3.55. The van der Waals surface area contributed by atoms with Crippen LogP contribution in [0.3, 0.4) is 0 Å². The maximum Gasteiger partial charge on any atom is 0.124 e. The summed E-state index contributed by atoms with van der Waals surface area (Å²) in [5.74, 6) is 0.602. The third kappa shape index (κ3) is 3.44. The van der Waals surface area contributed by atoms with Gasteiger partial charge in [0.05, 0.1) is 11.2 Å². The van der Waals surface area contributed by atoms with Gasteiger partial charge in [0.1, 0.15) is 4.83 Å². The van der Waals surface area contributed by atoms with E-state index in [2.05, 4.69) is 87.5 Å². The van der Waals surface area contributed by atoms with Crippen LogP contribution in [-0.2, 0) is 5.41 Å². The van der Waals surface area contributed by atoms with Gasteiger partial charge in [-0.3, -0.25) is 0 Å². The molecule has 6 aromatic rings. The van der Waals surface area contributed by atoms with E-state index in [1.807, 2.05) is 6.20 Å². The van der Waals surface area contributed by atoms with Crippen LogP contribution in [0.4, 0.5) is 0 Å². The van der Waals surface area contributed by atoms with Gasteiger partial charge in [-0.2, -0.15) is 0 Å². The molecule has 0 bridgehead atoms. The highest BCUT2D eigenvalue weighted by Crippen LogP contribution is 2.45. The van der Waals surface area contributed by atoms with Gasteiger partial charge in [-0.15, -0.1) is 11.3 Å². The Bertz CT molecular complexity index is 1780. The molecule has 0 spiro atoms. The highest BCUT2D eigenvalue weighted by atomic mass is 32.1. The van der Waals surface area contributed by atoms with Gasteiger partial charge < -0.3 is 0 Å². The summed E-state index contributed by atoms with van der Waals surface area (Å²) in [5, 5.41) is 6.52. The van der Waals surface area contributed by atoms with Crippen LogP contribution in [0.15, 0.2) is 72.9 Å². The van der Waals surface area contributed by atoms with Crippen molar-refractivity contribution in [1.29, 1.82) is 0 Å². The molecule has 1 fully saturated rings. The lowest BCUT2D eigenvalue weighted by Gasteiger charge is -2.21. The maximum absolute atomic E-state index is 5.36. The molecule has 0 radical (unpaired) electrons. The quantitative estimate of drug-likeness (QED) is 0.228. The molecular weight excluding hydrogens is 456 g/mol. The van der Waals surface area contributed by atoms with Gasteiger partial charge in [-0.25, -0.2) is 9.97 Å². The van der Waals surface area contributed by atoms with E-state index in [0.717, 1.165) is 16.0 Å². The molecule has 0 N–H and O–H groups in total. The molecule has 0 atom stereocenters. The smallest absolute Gasteiger partial charge is 0.124 e. The lowest BCUT2D eigenvalue weighted by Crippen LogP contribution is -2.11. The molecule has 2 nitrogen and oxygen atoms in total. The molecule has 0 unspecified atom stereocenters. The van der Waals surface area contributed by atoms with Crippen LogP contribution in [0.1, 0.15) is 63.5 Å². The number of aromatic nitrogens is 2. The fraction of sp³-hybridized carbons (Fsp3) is 0.273. The fourth-order valence-corrected chi connectivity index (χ4v) is 7.22.